The fourth-order valence-corrected chi connectivity index (χ4v) is 3.66. The fourth-order valence-electron chi connectivity index (χ4n) is 3.66. The third kappa shape index (κ3) is 1.62. The van der Waals surface area contributed by atoms with E-state index in [-0.39, 0.29) is 0 Å². The van der Waals surface area contributed by atoms with E-state index in [1.807, 2.05) is 0 Å². The minimum Gasteiger partial charge on any atom is -0.376 e. The zero-order valence-corrected chi connectivity index (χ0v) is 11.0. The Morgan fingerprint density at radius 3 is 3.06 bits per heavy atom. The molecule has 4 heteroatoms. The molecular formula is C14H21N3O. The lowest BCUT2D eigenvalue weighted by molar-refractivity contribution is 0.0741. The third-order valence-electron chi connectivity index (χ3n) is 4.62. The maximum absolute atomic E-state index is 6.00. The van der Waals surface area contributed by atoms with E-state index in [1.165, 1.54) is 30.1 Å². The molecule has 0 aromatic carbocycles. The van der Waals surface area contributed by atoms with E-state index in [9.17, 15) is 0 Å². The molecule has 98 valence electrons. The Kier molecular flexibility index (Phi) is 2.49. The average Bonchev–Trinajstić information content (AvgIpc) is 3.01. The van der Waals surface area contributed by atoms with Gasteiger partial charge in [0.05, 0.1) is 17.8 Å². The van der Waals surface area contributed by atoms with Crippen LogP contribution in [0.2, 0.25) is 0 Å². The van der Waals surface area contributed by atoms with E-state index in [1.54, 1.807) is 0 Å². The van der Waals surface area contributed by atoms with Crippen LogP contribution >= 0.6 is 0 Å². The van der Waals surface area contributed by atoms with Gasteiger partial charge in [-0.05, 0) is 32.1 Å². The first-order valence-electron chi connectivity index (χ1n) is 7.23. The third-order valence-corrected chi connectivity index (χ3v) is 4.62. The summed E-state index contributed by atoms with van der Waals surface area (Å²) >= 11 is 0. The lowest BCUT2D eigenvalue weighted by Crippen LogP contribution is -2.29. The summed E-state index contributed by atoms with van der Waals surface area (Å²) in [5, 5.41) is 3.41. The van der Waals surface area contributed by atoms with Gasteiger partial charge in [0.15, 0.2) is 0 Å². The van der Waals surface area contributed by atoms with Crippen molar-refractivity contribution in [2.24, 2.45) is 5.92 Å². The molecule has 0 spiro atoms. The second-order valence-corrected chi connectivity index (χ2v) is 5.88. The number of imidazole rings is 1. The van der Waals surface area contributed by atoms with Gasteiger partial charge in [0.2, 0.25) is 0 Å². The van der Waals surface area contributed by atoms with Crippen molar-refractivity contribution in [3.8, 4) is 0 Å². The quantitative estimate of drug-likeness (QED) is 0.862. The van der Waals surface area contributed by atoms with E-state index >= 15 is 0 Å². The Labute approximate surface area is 108 Å². The van der Waals surface area contributed by atoms with E-state index in [4.69, 9.17) is 9.72 Å². The number of ether oxygens (including phenoxy) is 1. The Balaban J connectivity index is 1.72. The van der Waals surface area contributed by atoms with Crippen molar-refractivity contribution in [3.63, 3.8) is 0 Å². The molecule has 0 radical (unpaired) electrons. The van der Waals surface area contributed by atoms with Crippen LogP contribution in [-0.2, 0) is 17.7 Å². The summed E-state index contributed by atoms with van der Waals surface area (Å²) in [4.78, 5) is 4.75. The van der Waals surface area contributed by atoms with Crippen LogP contribution in [0.25, 0.3) is 0 Å². The average molecular weight is 247 g/mol. The number of nitrogens with zero attached hydrogens (tertiary/aromatic N) is 2. The molecule has 2 aliphatic heterocycles. The van der Waals surface area contributed by atoms with Gasteiger partial charge in [-0.15, -0.1) is 0 Å². The normalized spacial score (nSPS) is 31.6. The first-order valence-corrected chi connectivity index (χ1v) is 7.23. The Morgan fingerprint density at radius 2 is 2.22 bits per heavy atom. The standard InChI is InChI=1S/C14H21N3O/c1-9-16-11-8-15-6-4-12(11)17(9)13-5-7-18-14(13)10-2-3-10/h10,13-15H,2-8H2,1H3. The highest BCUT2D eigenvalue weighted by atomic mass is 16.5. The van der Waals surface area contributed by atoms with Crippen molar-refractivity contribution in [2.75, 3.05) is 13.2 Å². The number of rotatable bonds is 2. The summed E-state index contributed by atoms with van der Waals surface area (Å²) in [6.07, 6.45) is 5.46. The topological polar surface area (TPSA) is 39.1 Å². The second kappa shape index (κ2) is 4.07. The molecule has 18 heavy (non-hydrogen) atoms. The molecule has 1 saturated carbocycles. The van der Waals surface area contributed by atoms with Crippen LogP contribution in [0.3, 0.4) is 0 Å². The van der Waals surface area contributed by atoms with Gasteiger partial charge in [-0.3, -0.25) is 0 Å². The maximum Gasteiger partial charge on any atom is 0.106 e. The van der Waals surface area contributed by atoms with Crippen molar-refractivity contribution in [1.29, 1.82) is 0 Å². The number of aromatic nitrogens is 2. The van der Waals surface area contributed by atoms with Crippen LogP contribution in [0.15, 0.2) is 0 Å². The summed E-state index contributed by atoms with van der Waals surface area (Å²) in [5.74, 6) is 2.00. The minimum absolute atomic E-state index is 0.455. The van der Waals surface area contributed by atoms with Crippen molar-refractivity contribution in [3.05, 3.63) is 17.2 Å². The van der Waals surface area contributed by atoms with Crippen molar-refractivity contribution in [1.82, 2.24) is 14.9 Å². The van der Waals surface area contributed by atoms with Gasteiger partial charge in [-0.2, -0.15) is 0 Å². The second-order valence-electron chi connectivity index (χ2n) is 5.88. The molecule has 1 aromatic heterocycles. The first-order chi connectivity index (χ1) is 8.84. The molecule has 2 fully saturated rings. The fraction of sp³-hybridized carbons (Fsp3) is 0.786. The van der Waals surface area contributed by atoms with Crippen molar-refractivity contribution < 1.29 is 4.74 Å². The Morgan fingerprint density at radius 1 is 1.33 bits per heavy atom. The molecule has 2 atom stereocenters. The SMILES string of the molecule is Cc1nc2c(n1C1CCOC1C1CC1)CCNC2. The van der Waals surface area contributed by atoms with Gasteiger partial charge in [0, 0.05) is 31.8 Å². The zero-order valence-electron chi connectivity index (χ0n) is 11.0. The smallest absolute Gasteiger partial charge is 0.106 e. The van der Waals surface area contributed by atoms with Gasteiger partial charge in [-0.25, -0.2) is 4.98 Å². The van der Waals surface area contributed by atoms with Crippen LogP contribution in [0, 0.1) is 12.8 Å². The van der Waals surface area contributed by atoms with Crippen LogP contribution in [-0.4, -0.2) is 28.8 Å². The number of fused-ring (bicyclic) bond motifs is 1. The molecule has 2 unspecified atom stereocenters. The first kappa shape index (κ1) is 11.0. The van der Waals surface area contributed by atoms with E-state index in [0.717, 1.165) is 38.5 Å². The van der Waals surface area contributed by atoms with Gasteiger partial charge < -0.3 is 14.6 Å². The zero-order chi connectivity index (χ0) is 12.1. The predicted octanol–water partition coefficient (Wildman–Crippen LogP) is 1.58. The number of nitrogens with one attached hydrogen (secondary N) is 1. The summed E-state index contributed by atoms with van der Waals surface area (Å²) in [6, 6.07) is 0.548. The van der Waals surface area contributed by atoms with Gasteiger partial charge >= 0.3 is 0 Å². The number of aryl methyl sites for hydroxylation is 1. The van der Waals surface area contributed by atoms with Crippen LogP contribution in [0.1, 0.15) is 42.5 Å². The van der Waals surface area contributed by atoms with Crippen molar-refractivity contribution in [2.45, 2.75) is 51.3 Å². The molecule has 1 N–H and O–H groups in total. The predicted molar refractivity (Wildman–Crippen MR) is 68.5 cm³/mol. The number of hydrogen-bond donors (Lipinski definition) is 1. The lowest BCUT2D eigenvalue weighted by atomic mass is 10.0. The summed E-state index contributed by atoms with van der Waals surface area (Å²) in [5.41, 5.74) is 2.73. The van der Waals surface area contributed by atoms with Crippen LogP contribution < -0.4 is 5.32 Å². The van der Waals surface area contributed by atoms with E-state index < -0.39 is 0 Å². The highest BCUT2D eigenvalue weighted by Gasteiger charge is 2.42. The molecule has 1 aromatic rings. The molecule has 1 saturated heterocycles. The molecule has 1 aliphatic carbocycles. The monoisotopic (exact) mass is 247 g/mol. The lowest BCUT2D eigenvalue weighted by Gasteiger charge is -2.24. The summed E-state index contributed by atoms with van der Waals surface area (Å²) < 4.78 is 8.50. The van der Waals surface area contributed by atoms with Gasteiger partial charge in [0.25, 0.3) is 0 Å². The van der Waals surface area contributed by atoms with E-state index in [0.29, 0.717) is 12.1 Å². The largest absolute Gasteiger partial charge is 0.376 e. The molecule has 3 heterocycles. The van der Waals surface area contributed by atoms with E-state index in [2.05, 4.69) is 16.8 Å². The van der Waals surface area contributed by atoms with Gasteiger partial charge in [-0.1, -0.05) is 0 Å². The minimum atomic E-state index is 0.455. The molecule has 0 amide bonds. The number of hydrogen-bond acceptors (Lipinski definition) is 3. The summed E-state index contributed by atoms with van der Waals surface area (Å²) in [7, 11) is 0. The molecule has 0 bridgehead atoms. The highest BCUT2D eigenvalue weighted by molar-refractivity contribution is 5.21. The maximum atomic E-state index is 6.00. The van der Waals surface area contributed by atoms with Crippen LogP contribution in [0.5, 0.6) is 0 Å². The Hall–Kier alpha value is -0.870. The van der Waals surface area contributed by atoms with Crippen molar-refractivity contribution >= 4 is 0 Å². The summed E-state index contributed by atoms with van der Waals surface area (Å²) in [6.45, 7) is 5.10. The van der Waals surface area contributed by atoms with Crippen LogP contribution in [0.4, 0.5) is 0 Å². The molecule has 3 aliphatic rings. The highest BCUT2D eigenvalue weighted by Crippen LogP contribution is 2.44. The molecule has 4 nitrogen and oxygen atoms in total. The molecular weight excluding hydrogens is 226 g/mol. The van der Waals surface area contributed by atoms with Gasteiger partial charge in [0.1, 0.15) is 5.82 Å². The Bertz CT molecular complexity index is 464. The molecule has 4 rings (SSSR count).